The van der Waals surface area contributed by atoms with Gasteiger partial charge < -0.3 is 0 Å². The van der Waals surface area contributed by atoms with Crippen LogP contribution in [0, 0.1) is 22.7 Å². The molecule has 5 heteroatoms. The van der Waals surface area contributed by atoms with E-state index in [1.54, 1.807) is 0 Å². The first kappa shape index (κ1) is 27.6. The monoisotopic (exact) mass is 611 g/mol. The van der Waals surface area contributed by atoms with E-state index >= 15 is 0 Å². The largest absolute Gasteiger partial charge is 0.208 e. The molecular formula is C43H25N5. The molecule has 1 heterocycles. The zero-order valence-electron chi connectivity index (χ0n) is 25.7. The number of hydrogen-bond donors (Lipinski definition) is 0. The molecule has 48 heavy (non-hydrogen) atoms. The number of nitrogens with zero attached hydrogens (tertiary/aromatic N) is 5. The Morgan fingerprint density at radius 1 is 0.396 bits per heavy atom. The lowest BCUT2D eigenvalue weighted by molar-refractivity contribution is 0.754. The summed E-state index contributed by atoms with van der Waals surface area (Å²) in [5.74, 6) is 1.75. The van der Waals surface area contributed by atoms with Gasteiger partial charge in [0.15, 0.2) is 17.5 Å². The van der Waals surface area contributed by atoms with Gasteiger partial charge in [0.25, 0.3) is 0 Å². The summed E-state index contributed by atoms with van der Waals surface area (Å²) in [6.07, 6.45) is 0. The molecule has 0 N–H and O–H groups in total. The molecule has 2 unspecified atom stereocenters. The lowest BCUT2D eigenvalue weighted by Gasteiger charge is -2.42. The van der Waals surface area contributed by atoms with Crippen molar-refractivity contribution in [3.63, 3.8) is 0 Å². The van der Waals surface area contributed by atoms with Crippen LogP contribution in [-0.2, 0) is 0 Å². The van der Waals surface area contributed by atoms with Gasteiger partial charge in [0.05, 0.1) is 23.3 Å². The van der Waals surface area contributed by atoms with E-state index in [-0.39, 0.29) is 11.8 Å². The fraction of sp³-hybridized carbons (Fsp3) is 0.0465. The van der Waals surface area contributed by atoms with Crippen molar-refractivity contribution in [2.24, 2.45) is 0 Å². The fourth-order valence-corrected chi connectivity index (χ4v) is 7.43. The van der Waals surface area contributed by atoms with Crippen molar-refractivity contribution in [3.8, 4) is 57.4 Å². The topological polar surface area (TPSA) is 86.2 Å². The van der Waals surface area contributed by atoms with Gasteiger partial charge in [0.1, 0.15) is 0 Å². The van der Waals surface area contributed by atoms with E-state index in [2.05, 4.69) is 60.7 Å². The average molecular weight is 612 g/mol. The molecule has 6 aromatic carbocycles. The van der Waals surface area contributed by atoms with Gasteiger partial charge >= 0.3 is 0 Å². The molecule has 2 bridgehead atoms. The summed E-state index contributed by atoms with van der Waals surface area (Å²) in [4.78, 5) is 14.7. The van der Waals surface area contributed by atoms with Crippen LogP contribution in [0.2, 0.25) is 0 Å². The second-order valence-corrected chi connectivity index (χ2v) is 12.2. The third kappa shape index (κ3) is 4.34. The second-order valence-electron chi connectivity index (χ2n) is 12.2. The highest BCUT2D eigenvalue weighted by atomic mass is 15.0. The molecule has 0 amide bonds. The average Bonchev–Trinajstić information content (AvgIpc) is 3.17. The van der Waals surface area contributed by atoms with Crippen molar-refractivity contribution in [3.05, 3.63) is 184 Å². The highest BCUT2D eigenvalue weighted by Gasteiger charge is 2.41. The smallest absolute Gasteiger partial charge is 0.164 e. The Bertz CT molecular complexity index is 2430. The Hall–Kier alpha value is -6.69. The van der Waals surface area contributed by atoms with Gasteiger partial charge in [-0.1, -0.05) is 109 Å². The molecule has 0 aliphatic heterocycles. The van der Waals surface area contributed by atoms with Gasteiger partial charge in [0.2, 0.25) is 0 Å². The molecule has 0 spiro atoms. The molecular weight excluding hydrogens is 587 g/mol. The maximum absolute atomic E-state index is 10.5. The Morgan fingerprint density at radius 2 is 0.896 bits per heavy atom. The summed E-state index contributed by atoms with van der Waals surface area (Å²) in [6.45, 7) is 0. The minimum Gasteiger partial charge on any atom is -0.208 e. The third-order valence-electron chi connectivity index (χ3n) is 9.55. The van der Waals surface area contributed by atoms with E-state index in [0.29, 0.717) is 28.6 Å². The van der Waals surface area contributed by atoms with Crippen LogP contribution in [-0.4, -0.2) is 15.0 Å². The molecule has 10 rings (SSSR count). The van der Waals surface area contributed by atoms with Crippen LogP contribution in [0.3, 0.4) is 0 Å². The normalized spacial score (nSPS) is 15.0. The number of hydrogen-bond acceptors (Lipinski definition) is 5. The van der Waals surface area contributed by atoms with Gasteiger partial charge in [-0.05, 0) is 74.8 Å². The highest BCUT2D eigenvalue weighted by molar-refractivity contribution is 5.80. The highest BCUT2D eigenvalue weighted by Crippen LogP contribution is 2.56. The van der Waals surface area contributed by atoms with Crippen molar-refractivity contribution in [1.29, 1.82) is 10.5 Å². The lowest BCUT2D eigenvalue weighted by Crippen LogP contribution is -2.27. The summed E-state index contributed by atoms with van der Waals surface area (Å²) < 4.78 is 0. The fourth-order valence-electron chi connectivity index (χ4n) is 7.43. The van der Waals surface area contributed by atoms with E-state index in [1.807, 2.05) is 91.0 Å². The Labute approximate surface area is 278 Å². The Balaban J connectivity index is 1.20. The predicted molar refractivity (Wildman–Crippen MR) is 186 cm³/mol. The van der Waals surface area contributed by atoms with Crippen molar-refractivity contribution in [1.82, 2.24) is 15.0 Å². The molecule has 2 atom stereocenters. The lowest BCUT2D eigenvalue weighted by atomic mass is 9.60. The molecule has 3 aliphatic carbocycles. The van der Waals surface area contributed by atoms with Crippen LogP contribution in [0.25, 0.3) is 45.3 Å². The molecule has 0 radical (unpaired) electrons. The van der Waals surface area contributed by atoms with Crippen LogP contribution >= 0.6 is 0 Å². The predicted octanol–water partition coefficient (Wildman–Crippen LogP) is 9.27. The Kier molecular flexibility index (Phi) is 6.32. The summed E-state index contributed by atoms with van der Waals surface area (Å²) in [6, 6.07) is 51.7. The van der Waals surface area contributed by atoms with Crippen LogP contribution in [0.1, 0.15) is 56.3 Å². The summed E-state index contributed by atoms with van der Waals surface area (Å²) >= 11 is 0. The minimum atomic E-state index is -0.0324. The summed E-state index contributed by atoms with van der Waals surface area (Å²) in [5.41, 5.74) is 13.0. The number of rotatable bonds is 4. The van der Waals surface area contributed by atoms with E-state index in [0.717, 1.165) is 38.9 Å². The zero-order valence-corrected chi connectivity index (χ0v) is 25.7. The summed E-state index contributed by atoms with van der Waals surface area (Å²) in [7, 11) is 0. The van der Waals surface area contributed by atoms with E-state index in [1.165, 1.54) is 22.3 Å². The van der Waals surface area contributed by atoms with Gasteiger partial charge in [-0.3, -0.25) is 0 Å². The van der Waals surface area contributed by atoms with E-state index in [9.17, 15) is 10.5 Å². The van der Waals surface area contributed by atoms with Gasteiger partial charge in [-0.25, -0.2) is 15.0 Å². The van der Waals surface area contributed by atoms with Crippen LogP contribution in [0.4, 0.5) is 0 Å². The van der Waals surface area contributed by atoms with Crippen molar-refractivity contribution in [2.75, 3.05) is 0 Å². The standard InChI is InChI=1S/C43H25N5/c44-24-26-18-19-34-36(20-26)40-33-17-8-7-16-32(33)39(34)38-23-35(31(25-45)22-37(38)40)29-14-9-15-30(21-29)43-47-41(27-10-3-1-4-11-27)46-42(48-43)28-12-5-2-6-13-28/h1-23,39-40H. The first-order valence-electron chi connectivity index (χ1n) is 15.9. The van der Waals surface area contributed by atoms with E-state index < -0.39 is 0 Å². The molecule has 0 saturated heterocycles. The molecule has 0 fully saturated rings. The number of benzene rings is 6. The molecule has 7 aromatic rings. The molecule has 0 saturated carbocycles. The van der Waals surface area contributed by atoms with Gasteiger partial charge in [-0.2, -0.15) is 10.5 Å². The van der Waals surface area contributed by atoms with Crippen LogP contribution < -0.4 is 0 Å². The number of nitriles is 2. The number of aromatic nitrogens is 3. The van der Waals surface area contributed by atoms with Crippen molar-refractivity contribution < 1.29 is 0 Å². The minimum absolute atomic E-state index is 0.0176. The molecule has 3 aliphatic rings. The quantitative estimate of drug-likeness (QED) is 0.198. The Morgan fingerprint density at radius 3 is 1.52 bits per heavy atom. The maximum atomic E-state index is 10.5. The zero-order chi connectivity index (χ0) is 32.2. The second kappa shape index (κ2) is 11.0. The van der Waals surface area contributed by atoms with Crippen LogP contribution in [0.15, 0.2) is 140 Å². The summed E-state index contributed by atoms with van der Waals surface area (Å²) in [5, 5.41) is 20.2. The molecule has 1 aromatic heterocycles. The first-order valence-corrected chi connectivity index (χ1v) is 15.9. The van der Waals surface area contributed by atoms with Crippen molar-refractivity contribution >= 4 is 0 Å². The van der Waals surface area contributed by atoms with Gasteiger partial charge in [-0.15, -0.1) is 0 Å². The van der Waals surface area contributed by atoms with E-state index in [4.69, 9.17) is 15.0 Å². The molecule has 5 nitrogen and oxygen atoms in total. The van der Waals surface area contributed by atoms with Gasteiger partial charge in [0, 0.05) is 28.5 Å². The molecule has 222 valence electrons. The maximum Gasteiger partial charge on any atom is 0.164 e. The first-order chi connectivity index (χ1) is 23.7. The SMILES string of the molecule is N#Cc1ccc2c(c1)C1c3ccccc3C2c2cc(-c3cccc(-c4nc(-c5ccccc5)nc(-c5ccccc5)n4)c3)c(C#N)cc21. The third-order valence-corrected chi connectivity index (χ3v) is 9.55. The van der Waals surface area contributed by atoms with Crippen molar-refractivity contribution in [2.45, 2.75) is 11.8 Å². The van der Waals surface area contributed by atoms with Crippen LogP contribution in [0.5, 0.6) is 0 Å².